The van der Waals surface area contributed by atoms with Crippen LogP contribution in [0.4, 0.5) is 28.0 Å². The number of imidazole rings is 1. The fourth-order valence-electron chi connectivity index (χ4n) is 3.22. The first-order valence-electron chi connectivity index (χ1n) is 9.68. The number of anilines is 1. The smallest absolute Gasteiger partial charge is 0.326 e. The lowest BCUT2D eigenvalue weighted by Crippen LogP contribution is -2.44. The van der Waals surface area contributed by atoms with Crippen LogP contribution in [-0.2, 0) is 0 Å². The van der Waals surface area contributed by atoms with E-state index in [1.807, 2.05) is 28.0 Å². The summed E-state index contributed by atoms with van der Waals surface area (Å²) in [6.07, 6.45) is -1.04. The SMILES string of the molecule is CC(NC(=O)Nc1cccc(-c2cnc3cc(-c4ccc(F)cc4)ccn23)c1)C(F)(F)F. The van der Waals surface area contributed by atoms with Crippen molar-refractivity contribution in [1.29, 1.82) is 0 Å². The molecule has 0 bridgehead atoms. The number of carbonyl (C=O) groups is 1. The van der Waals surface area contributed by atoms with E-state index in [0.717, 1.165) is 23.7 Å². The predicted octanol–water partition coefficient (Wildman–Crippen LogP) is 5.88. The third kappa shape index (κ3) is 4.56. The number of hydrogen-bond donors (Lipinski definition) is 2. The number of hydrogen-bond acceptors (Lipinski definition) is 2. The van der Waals surface area contributed by atoms with Crippen LogP contribution in [-0.4, -0.2) is 27.6 Å². The topological polar surface area (TPSA) is 58.4 Å². The van der Waals surface area contributed by atoms with Crippen molar-refractivity contribution in [3.63, 3.8) is 0 Å². The third-order valence-electron chi connectivity index (χ3n) is 4.95. The van der Waals surface area contributed by atoms with Crippen LogP contribution in [0.2, 0.25) is 0 Å². The molecule has 5 nitrogen and oxygen atoms in total. The van der Waals surface area contributed by atoms with Crippen LogP contribution < -0.4 is 10.6 Å². The summed E-state index contributed by atoms with van der Waals surface area (Å²) in [4.78, 5) is 16.3. The molecule has 0 spiro atoms. The minimum absolute atomic E-state index is 0.312. The second kappa shape index (κ2) is 8.33. The summed E-state index contributed by atoms with van der Waals surface area (Å²) < 4.78 is 52.9. The number of aromatic nitrogens is 2. The van der Waals surface area contributed by atoms with E-state index >= 15 is 0 Å². The number of nitrogens with one attached hydrogen (secondary N) is 2. The molecule has 4 aromatic rings. The lowest BCUT2D eigenvalue weighted by atomic mass is 10.1. The van der Waals surface area contributed by atoms with Gasteiger partial charge in [0.2, 0.25) is 0 Å². The fourth-order valence-corrected chi connectivity index (χ4v) is 3.22. The zero-order valence-corrected chi connectivity index (χ0v) is 16.8. The molecule has 0 saturated heterocycles. The normalized spacial score (nSPS) is 12.5. The maximum atomic E-state index is 13.2. The molecule has 0 saturated carbocycles. The van der Waals surface area contributed by atoms with Gasteiger partial charge in [-0.2, -0.15) is 13.2 Å². The van der Waals surface area contributed by atoms with E-state index in [0.29, 0.717) is 16.9 Å². The highest BCUT2D eigenvalue weighted by Gasteiger charge is 2.37. The molecule has 1 unspecified atom stereocenters. The Kier molecular flexibility index (Phi) is 5.56. The molecule has 2 aromatic heterocycles. The van der Waals surface area contributed by atoms with Gasteiger partial charge in [0.15, 0.2) is 0 Å². The van der Waals surface area contributed by atoms with Crippen molar-refractivity contribution in [1.82, 2.24) is 14.7 Å². The standard InChI is InChI=1S/C23H18F4N4O/c1-14(23(25,26)27)29-22(32)30-19-4-2-3-17(11-19)20-13-28-21-12-16(9-10-31(20)21)15-5-7-18(24)8-6-15/h2-14H,1H3,(H2,29,30,32). The second-order valence-electron chi connectivity index (χ2n) is 7.24. The van der Waals surface area contributed by atoms with Crippen molar-refractivity contribution < 1.29 is 22.4 Å². The molecular formula is C23H18F4N4O. The van der Waals surface area contributed by atoms with Gasteiger partial charge in [0.1, 0.15) is 17.5 Å². The molecule has 2 heterocycles. The van der Waals surface area contributed by atoms with Crippen molar-refractivity contribution in [3.8, 4) is 22.4 Å². The molecule has 0 radical (unpaired) electrons. The number of rotatable bonds is 4. The third-order valence-corrected chi connectivity index (χ3v) is 4.95. The fraction of sp³-hybridized carbons (Fsp3) is 0.130. The van der Waals surface area contributed by atoms with Crippen molar-refractivity contribution in [3.05, 3.63) is 78.9 Å². The summed E-state index contributed by atoms with van der Waals surface area (Å²) in [7, 11) is 0. The Labute approximate surface area is 180 Å². The van der Waals surface area contributed by atoms with E-state index in [4.69, 9.17) is 0 Å². The highest BCUT2D eigenvalue weighted by atomic mass is 19.4. The van der Waals surface area contributed by atoms with Gasteiger partial charge in [-0.25, -0.2) is 14.2 Å². The number of urea groups is 1. The maximum absolute atomic E-state index is 13.2. The van der Waals surface area contributed by atoms with Crippen LogP contribution in [0.15, 0.2) is 73.1 Å². The van der Waals surface area contributed by atoms with Crippen LogP contribution >= 0.6 is 0 Å². The molecule has 4 rings (SSSR count). The molecule has 32 heavy (non-hydrogen) atoms. The van der Waals surface area contributed by atoms with E-state index in [1.54, 1.807) is 42.6 Å². The van der Waals surface area contributed by atoms with Crippen LogP contribution in [0.3, 0.4) is 0 Å². The number of nitrogens with zero attached hydrogens (tertiary/aromatic N) is 2. The number of halogens is 4. The van der Waals surface area contributed by atoms with Gasteiger partial charge < -0.3 is 10.6 Å². The largest absolute Gasteiger partial charge is 0.408 e. The van der Waals surface area contributed by atoms with E-state index in [-0.39, 0.29) is 5.82 Å². The Hall–Kier alpha value is -3.88. The van der Waals surface area contributed by atoms with E-state index in [2.05, 4.69) is 10.3 Å². The Morgan fingerprint density at radius 2 is 1.75 bits per heavy atom. The molecule has 2 N–H and O–H groups in total. The number of pyridine rings is 1. The quantitative estimate of drug-likeness (QED) is 0.388. The Morgan fingerprint density at radius 3 is 2.47 bits per heavy atom. The molecule has 9 heteroatoms. The summed E-state index contributed by atoms with van der Waals surface area (Å²) >= 11 is 0. The van der Waals surface area contributed by atoms with Gasteiger partial charge in [-0.3, -0.25) is 4.40 Å². The second-order valence-corrected chi connectivity index (χ2v) is 7.24. The number of carbonyl (C=O) groups excluding carboxylic acids is 1. The van der Waals surface area contributed by atoms with Crippen molar-refractivity contribution in [2.75, 3.05) is 5.32 Å². The van der Waals surface area contributed by atoms with Crippen molar-refractivity contribution >= 4 is 17.4 Å². The van der Waals surface area contributed by atoms with Gasteiger partial charge in [0.25, 0.3) is 0 Å². The number of benzene rings is 2. The summed E-state index contributed by atoms with van der Waals surface area (Å²) in [5, 5.41) is 4.28. The number of alkyl halides is 3. The first-order chi connectivity index (χ1) is 15.2. The predicted molar refractivity (Wildman–Crippen MR) is 114 cm³/mol. The van der Waals surface area contributed by atoms with Gasteiger partial charge in [-0.05, 0) is 54.4 Å². The highest BCUT2D eigenvalue weighted by Crippen LogP contribution is 2.27. The van der Waals surface area contributed by atoms with Gasteiger partial charge >= 0.3 is 12.2 Å². The summed E-state index contributed by atoms with van der Waals surface area (Å²) in [6.45, 7) is 0.870. The first kappa shape index (κ1) is 21.4. The van der Waals surface area contributed by atoms with Crippen LogP contribution in [0.5, 0.6) is 0 Å². The molecule has 0 aliphatic rings. The zero-order chi connectivity index (χ0) is 22.9. The monoisotopic (exact) mass is 442 g/mol. The van der Waals surface area contributed by atoms with Gasteiger partial charge in [0.05, 0.1) is 11.9 Å². The van der Waals surface area contributed by atoms with Gasteiger partial charge in [0, 0.05) is 17.4 Å². The average Bonchev–Trinajstić information content (AvgIpc) is 3.17. The zero-order valence-electron chi connectivity index (χ0n) is 16.8. The Bertz CT molecular complexity index is 1270. The Balaban J connectivity index is 1.57. The van der Waals surface area contributed by atoms with Gasteiger partial charge in [-0.15, -0.1) is 0 Å². The van der Waals surface area contributed by atoms with Crippen molar-refractivity contribution in [2.45, 2.75) is 19.1 Å². The molecule has 0 aliphatic heterocycles. The minimum atomic E-state index is -4.53. The van der Waals surface area contributed by atoms with Gasteiger partial charge in [-0.1, -0.05) is 24.3 Å². The lowest BCUT2D eigenvalue weighted by Gasteiger charge is -2.17. The van der Waals surface area contributed by atoms with Crippen molar-refractivity contribution in [2.24, 2.45) is 0 Å². The van der Waals surface area contributed by atoms with Crippen LogP contribution in [0, 0.1) is 5.82 Å². The first-order valence-corrected chi connectivity index (χ1v) is 9.68. The van der Waals surface area contributed by atoms with E-state index in [9.17, 15) is 22.4 Å². The molecule has 0 aliphatic carbocycles. The average molecular weight is 442 g/mol. The van der Waals surface area contributed by atoms with Crippen LogP contribution in [0.25, 0.3) is 28.0 Å². The lowest BCUT2D eigenvalue weighted by molar-refractivity contribution is -0.148. The molecule has 2 amide bonds. The maximum Gasteiger partial charge on any atom is 0.408 e. The molecule has 1 atom stereocenters. The molecule has 2 aromatic carbocycles. The minimum Gasteiger partial charge on any atom is -0.326 e. The molecule has 0 fully saturated rings. The summed E-state index contributed by atoms with van der Waals surface area (Å²) in [5.41, 5.74) is 4.18. The Morgan fingerprint density at radius 1 is 1.00 bits per heavy atom. The summed E-state index contributed by atoms with van der Waals surface area (Å²) in [5.74, 6) is -0.312. The summed E-state index contributed by atoms with van der Waals surface area (Å²) in [6, 6.07) is 13.7. The van der Waals surface area contributed by atoms with Crippen LogP contribution in [0.1, 0.15) is 6.92 Å². The number of amides is 2. The van der Waals surface area contributed by atoms with E-state index < -0.39 is 18.2 Å². The molecular weight excluding hydrogens is 424 g/mol. The highest BCUT2D eigenvalue weighted by molar-refractivity contribution is 5.90. The number of fused-ring (bicyclic) bond motifs is 1. The molecule has 164 valence electrons. The van der Waals surface area contributed by atoms with E-state index in [1.165, 1.54) is 12.1 Å².